The van der Waals surface area contributed by atoms with Crippen LogP contribution < -0.4 is 9.62 Å². The summed E-state index contributed by atoms with van der Waals surface area (Å²) >= 11 is 1.63. The molecule has 1 aliphatic heterocycles. The van der Waals surface area contributed by atoms with Crippen LogP contribution in [0.1, 0.15) is 46.8 Å². The van der Waals surface area contributed by atoms with Crippen molar-refractivity contribution in [3.63, 3.8) is 0 Å². The highest BCUT2D eigenvalue weighted by Gasteiger charge is 2.23. The summed E-state index contributed by atoms with van der Waals surface area (Å²) in [6.45, 7) is 5.43. The van der Waals surface area contributed by atoms with Gasteiger partial charge in [-0.1, -0.05) is 74.5 Å². The minimum atomic E-state index is -3.97. The first kappa shape index (κ1) is 26.9. The van der Waals surface area contributed by atoms with Gasteiger partial charge in [-0.3, -0.25) is 4.79 Å². The maximum Gasteiger partial charge on any atom is 0.265 e. The van der Waals surface area contributed by atoms with E-state index in [0.29, 0.717) is 18.7 Å². The lowest BCUT2D eigenvalue weighted by Crippen LogP contribution is -2.30. The standard InChI is InChI=1S/C33H29N3O3S2/c1-22(2)23-12-16-30(17-13-23)41(38,39)35-32(37)26-8-9-27-19-36(20-28(27)18-26)29-14-10-24(11-15-29)31-21-40-33(34-31)25-6-4-3-5-7-25/h3-18,21-22H,19-20H2,1-2H3,(H,35,37). The summed E-state index contributed by atoms with van der Waals surface area (Å²) in [6, 6.07) is 30.5. The molecule has 0 aliphatic carbocycles. The molecule has 8 heteroatoms. The number of carbonyl (C=O) groups excluding carboxylic acids is 1. The number of sulfonamides is 1. The van der Waals surface area contributed by atoms with Crippen molar-refractivity contribution in [1.29, 1.82) is 0 Å². The zero-order valence-electron chi connectivity index (χ0n) is 22.7. The van der Waals surface area contributed by atoms with Crippen molar-refractivity contribution in [2.24, 2.45) is 0 Å². The van der Waals surface area contributed by atoms with Crippen LogP contribution in [-0.4, -0.2) is 19.3 Å². The van der Waals surface area contributed by atoms with Gasteiger partial charge in [0, 0.05) is 40.8 Å². The second kappa shape index (κ2) is 11.0. The minimum absolute atomic E-state index is 0.0694. The number of amides is 1. The summed E-state index contributed by atoms with van der Waals surface area (Å²) in [6.07, 6.45) is 0. The van der Waals surface area contributed by atoms with Gasteiger partial charge in [0.25, 0.3) is 15.9 Å². The summed E-state index contributed by atoms with van der Waals surface area (Å²) in [5.74, 6) is -0.349. The van der Waals surface area contributed by atoms with Crippen LogP contribution in [0.2, 0.25) is 0 Å². The van der Waals surface area contributed by atoms with E-state index in [9.17, 15) is 13.2 Å². The van der Waals surface area contributed by atoms with E-state index in [0.717, 1.165) is 44.2 Å². The Morgan fingerprint density at radius 1 is 0.854 bits per heavy atom. The minimum Gasteiger partial charge on any atom is -0.363 e. The van der Waals surface area contributed by atoms with Gasteiger partial charge >= 0.3 is 0 Å². The molecule has 6 nitrogen and oxygen atoms in total. The SMILES string of the molecule is CC(C)c1ccc(S(=O)(=O)NC(=O)c2ccc3c(c2)CN(c2ccc(-c4csc(-c5ccccc5)n4)cc2)C3)cc1. The number of aromatic nitrogens is 1. The van der Waals surface area contributed by atoms with Gasteiger partial charge in [0.05, 0.1) is 10.6 Å². The number of hydrogen-bond acceptors (Lipinski definition) is 6. The molecule has 1 aromatic heterocycles. The van der Waals surface area contributed by atoms with E-state index in [2.05, 4.69) is 51.4 Å². The largest absolute Gasteiger partial charge is 0.363 e. The normalized spacial score (nSPS) is 12.9. The van der Waals surface area contributed by atoms with Gasteiger partial charge in [0.15, 0.2) is 0 Å². The fraction of sp³-hybridized carbons (Fsp3) is 0.152. The predicted molar refractivity (Wildman–Crippen MR) is 164 cm³/mol. The van der Waals surface area contributed by atoms with E-state index in [1.165, 1.54) is 12.1 Å². The number of thiazole rings is 1. The van der Waals surface area contributed by atoms with E-state index >= 15 is 0 Å². The van der Waals surface area contributed by atoms with E-state index in [1.807, 2.05) is 38.1 Å². The predicted octanol–water partition coefficient (Wildman–Crippen LogP) is 7.24. The van der Waals surface area contributed by atoms with Crippen LogP contribution in [0.5, 0.6) is 0 Å². The Morgan fingerprint density at radius 3 is 2.27 bits per heavy atom. The number of fused-ring (bicyclic) bond motifs is 1. The average molecular weight is 580 g/mol. The molecule has 206 valence electrons. The molecule has 0 unspecified atom stereocenters. The first-order chi connectivity index (χ1) is 19.8. The van der Waals surface area contributed by atoms with Crippen LogP contribution in [0.3, 0.4) is 0 Å². The lowest BCUT2D eigenvalue weighted by atomic mass is 10.0. The molecule has 5 aromatic rings. The van der Waals surface area contributed by atoms with Gasteiger partial charge in [-0.2, -0.15) is 0 Å². The van der Waals surface area contributed by atoms with Crippen molar-refractivity contribution < 1.29 is 13.2 Å². The summed E-state index contributed by atoms with van der Waals surface area (Å²) in [5, 5.41) is 3.08. The van der Waals surface area contributed by atoms with Gasteiger partial charge in [-0.05, 0) is 59.0 Å². The zero-order chi connectivity index (χ0) is 28.6. The van der Waals surface area contributed by atoms with E-state index < -0.39 is 15.9 Å². The van der Waals surface area contributed by atoms with Crippen LogP contribution in [0.4, 0.5) is 5.69 Å². The average Bonchev–Trinajstić information content (AvgIpc) is 3.65. The molecule has 0 fully saturated rings. The second-order valence-corrected chi connectivity index (χ2v) is 13.0. The van der Waals surface area contributed by atoms with Crippen LogP contribution >= 0.6 is 11.3 Å². The summed E-state index contributed by atoms with van der Waals surface area (Å²) in [5.41, 5.74) is 7.67. The van der Waals surface area contributed by atoms with Crippen molar-refractivity contribution in [3.8, 4) is 21.8 Å². The molecular formula is C33H29N3O3S2. The molecule has 4 aromatic carbocycles. The van der Waals surface area contributed by atoms with Gasteiger partial charge < -0.3 is 4.90 Å². The zero-order valence-corrected chi connectivity index (χ0v) is 24.4. The molecule has 1 aliphatic rings. The quantitative estimate of drug-likeness (QED) is 0.220. The van der Waals surface area contributed by atoms with Crippen LogP contribution in [0.15, 0.2) is 107 Å². The highest BCUT2D eigenvalue weighted by molar-refractivity contribution is 7.90. The molecule has 0 radical (unpaired) electrons. The first-order valence-electron chi connectivity index (χ1n) is 13.4. The number of anilines is 1. The molecule has 0 saturated carbocycles. The number of rotatable bonds is 7. The van der Waals surface area contributed by atoms with Crippen LogP contribution in [-0.2, 0) is 23.1 Å². The number of hydrogen-bond donors (Lipinski definition) is 1. The Bertz CT molecular complexity index is 1810. The molecule has 6 rings (SSSR count). The Labute approximate surface area is 244 Å². The highest BCUT2D eigenvalue weighted by Crippen LogP contribution is 2.33. The molecular weight excluding hydrogens is 551 g/mol. The van der Waals surface area contributed by atoms with Gasteiger partial charge in [-0.15, -0.1) is 11.3 Å². The lowest BCUT2D eigenvalue weighted by Gasteiger charge is -2.17. The fourth-order valence-electron chi connectivity index (χ4n) is 4.95. The van der Waals surface area contributed by atoms with Crippen molar-refractivity contribution >= 4 is 33.0 Å². The number of nitrogens with zero attached hydrogens (tertiary/aromatic N) is 2. The van der Waals surface area contributed by atoms with Crippen LogP contribution in [0, 0.1) is 0 Å². The van der Waals surface area contributed by atoms with Crippen molar-refractivity contribution in [1.82, 2.24) is 9.71 Å². The fourth-order valence-corrected chi connectivity index (χ4v) is 6.76. The Hall–Kier alpha value is -4.27. The lowest BCUT2D eigenvalue weighted by molar-refractivity contribution is 0.0981. The van der Waals surface area contributed by atoms with Crippen molar-refractivity contribution in [2.45, 2.75) is 37.8 Å². The second-order valence-electron chi connectivity index (χ2n) is 10.4. The molecule has 2 heterocycles. The van der Waals surface area contributed by atoms with Gasteiger partial charge in [0.2, 0.25) is 0 Å². The highest BCUT2D eigenvalue weighted by atomic mass is 32.2. The smallest absolute Gasteiger partial charge is 0.265 e. The molecule has 0 saturated heterocycles. The molecule has 0 atom stereocenters. The number of benzene rings is 4. The Kier molecular flexibility index (Phi) is 7.19. The maximum absolute atomic E-state index is 12.9. The molecule has 1 N–H and O–H groups in total. The maximum atomic E-state index is 12.9. The number of carbonyl (C=O) groups is 1. The van der Waals surface area contributed by atoms with Crippen molar-refractivity contribution in [3.05, 3.63) is 125 Å². The van der Waals surface area contributed by atoms with E-state index in [-0.39, 0.29) is 10.8 Å². The first-order valence-corrected chi connectivity index (χ1v) is 15.8. The van der Waals surface area contributed by atoms with Gasteiger partial charge in [0.1, 0.15) is 5.01 Å². The van der Waals surface area contributed by atoms with E-state index in [4.69, 9.17) is 4.98 Å². The summed E-state index contributed by atoms with van der Waals surface area (Å²) in [7, 11) is -3.97. The van der Waals surface area contributed by atoms with Crippen LogP contribution in [0.25, 0.3) is 21.8 Å². The Morgan fingerprint density at radius 2 is 1.56 bits per heavy atom. The molecule has 41 heavy (non-hydrogen) atoms. The monoisotopic (exact) mass is 579 g/mol. The molecule has 0 spiro atoms. The number of nitrogens with one attached hydrogen (secondary N) is 1. The third-order valence-electron chi connectivity index (χ3n) is 7.33. The third kappa shape index (κ3) is 5.66. The Balaban J connectivity index is 1.13. The van der Waals surface area contributed by atoms with E-state index in [1.54, 1.807) is 35.6 Å². The molecule has 1 amide bonds. The molecule has 0 bridgehead atoms. The van der Waals surface area contributed by atoms with Gasteiger partial charge in [-0.25, -0.2) is 18.1 Å². The van der Waals surface area contributed by atoms with Crippen molar-refractivity contribution in [2.75, 3.05) is 4.90 Å². The topological polar surface area (TPSA) is 79.4 Å². The summed E-state index contributed by atoms with van der Waals surface area (Å²) in [4.78, 5) is 20.0. The third-order valence-corrected chi connectivity index (χ3v) is 9.57. The summed E-state index contributed by atoms with van der Waals surface area (Å²) < 4.78 is 27.9.